The van der Waals surface area contributed by atoms with E-state index >= 15 is 0 Å². The van der Waals surface area contributed by atoms with Gasteiger partial charge in [-0.25, -0.2) is 9.37 Å². The number of H-pyrrole nitrogens is 1. The molecule has 0 bridgehead atoms. The van der Waals surface area contributed by atoms with Gasteiger partial charge in [0.1, 0.15) is 5.82 Å². The fourth-order valence-electron chi connectivity index (χ4n) is 3.77. The van der Waals surface area contributed by atoms with Crippen LogP contribution in [0.1, 0.15) is 28.9 Å². The molecule has 0 radical (unpaired) electrons. The van der Waals surface area contributed by atoms with E-state index in [0.29, 0.717) is 31.0 Å². The van der Waals surface area contributed by atoms with Crippen LogP contribution in [0.3, 0.4) is 0 Å². The number of nitrogens with one attached hydrogen (secondary N) is 1. The predicted molar refractivity (Wildman–Crippen MR) is 107 cm³/mol. The molecule has 2 aromatic carbocycles. The number of nitro groups is 1. The number of non-ortho nitro benzene ring substituents is 1. The molecule has 1 N–H and O–H groups in total. The molecule has 31 heavy (non-hydrogen) atoms. The molecule has 0 amide bonds. The van der Waals surface area contributed by atoms with Gasteiger partial charge in [0.05, 0.1) is 28.7 Å². The van der Waals surface area contributed by atoms with E-state index < -0.39 is 4.92 Å². The van der Waals surface area contributed by atoms with E-state index in [0.717, 1.165) is 17.0 Å². The maximum Gasteiger partial charge on any atom is 0.270 e. The van der Waals surface area contributed by atoms with Crippen LogP contribution in [0.5, 0.6) is 0 Å². The number of fused-ring (bicyclic) bond motifs is 1. The molecule has 0 saturated heterocycles. The first-order valence-electron chi connectivity index (χ1n) is 9.65. The van der Waals surface area contributed by atoms with Gasteiger partial charge in [-0.1, -0.05) is 29.4 Å². The van der Waals surface area contributed by atoms with Crippen molar-refractivity contribution in [1.82, 2.24) is 25.0 Å². The van der Waals surface area contributed by atoms with Crippen molar-refractivity contribution in [1.29, 1.82) is 0 Å². The first kappa shape index (κ1) is 19.1. The zero-order chi connectivity index (χ0) is 21.4. The smallest absolute Gasteiger partial charge is 0.270 e. The number of halogens is 1. The largest absolute Gasteiger partial charge is 0.347 e. The summed E-state index contributed by atoms with van der Waals surface area (Å²) >= 11 is 0. The van der Waals surface area contributed by atoms with E-state index in [4.69, 9.17) is 4.52 Å². The number of imidazole rings is 1. The molecule has 1 aliphatic heterocycles. The van der Waals surface area contributed by atoms with Crippen LogP contribution in [0.2, 0.25) is 0 Å². The fraction of sp³-hybridized carbons (Fsp3) is 0.190. The summed E-state index contributed by atoms with van der Waals surface area (Å²) in [4.78, 5) is 24.8. The van der Waals surface area contributed by atoms with Crippen LogP contribution in [0.4, 0.5) is 10.1 Å². The van der Waals surface area contributed by atoms with Crippen molar-refractivity contribution in [2.45, 2.75) is 25.6 Å². The summed E-state index contributed by atoms with van der Waals surface area (Å²) in [6, 6.07) is 12.2. The van der Waals surface area contributed by atoms with Gasteiger partial charge in [0.25, 0.3) is 5.69 Å². The minimum atomic E-state index is -0.463. The molecule has 0 aliphatic carbocycles. The van der Waals surface area contributed by atoms with E-state index in [2.05, 4.69) is 25.0 Å². The molecule has 3 heterocycles. The molecular formula is C21H17FN6O3. The van der Waals surface area contributed by atoms with Gasteiger partial charge in [-0.3, -0.25) is 15.0 Å². The van der Waals surface area contributed by atoms with Crippen molar-refractivity contribution in [2.24, 2.45) is 0 Å². The van der Waals surface area contributed by atoms with E-state index in [9.17, 15) is 14.5 Å². The second kappa shape index (κ2) is 7.73. The van der Waals surface area contributed by atoms with Gasteiger partial charge in [0.15, 0.2) is 0 Å². The highest BCUT2D eigenvalue weighted by Crippen LogP contribution is 2.33. The number of hydrogen-bond donors (Lipinski definition) is 1. The van der Waals surface area contributed by atoms with Gasteiger partial charge in [-0.2, -0.15) is 4.98 Å². The molecule has 10 heteroatoms. The Morgan fingerprint density at radius 3 is 2.90 bits per heavy atom. The molecule has 1 atom stereocenters. The zero-order valence-electron chi connectivity index (χ0n) is 16.2. The molecule has 9 nitrogen and oxygen atoms in total. The highest BCUT2D eigenvalue weighted by molar-refractivity contribution is 5.58. The third-order valence-electron chi connectivity index (χ3n) is 5.34. The van der Waals surface area contributed by atoms with Crippen LogP contribution < -0.4 is 0 Å². The van der Waals surface area contributed by atoms with Crippen molar-refractivity contribution in [3.63, 3.8) is 0 Å². The lowest BCUT2D eigenvalue weighted by molar-refractivity contribution is -0.384. The van der Waals surface area contributed by atoms with E-state index in [1.165, 1.54) is 24.3 Å². The van der Waals surface area contributed by atoms with Crippen molar-refractivity contribution < 1.29 is 13.8 Å². The van der Waals surface area contributed by atoms with Crippen molar-refractivity contribution in [3.8, 4) is 11.4 Å². The SMILES string of the molecule is O=[N+]([O-])c1cccc(-c2noc([C@@H]3Cc4nc[nH]c4CN3Cc3ccc(F)cc3)n2)c1. The number of aromatic amines is 1. The molecule has 0 saturated carbocycles. The molecular weight excluding hydrogens is 403 g/mol. The molecule has 156 valence electrons. The van der Waals surface area contributed by atoms with E-state index in [1.807, 2.05) is 0 Å². The van der Waals surface area contributed by atoms with Crippen molar-refractivity contribution >= 4 is 5.69 Å². The summed E-state index contributed by atoms with van der Waals surface area (Å²) in [7, 11) is 0. The Morgan fingerprint density at radius 1 is 1.26 bits per heavy atom. The summed E-state index contributed by atoms with van der Waals surface area (Å²) < 4.78 is 18.9. The number of rotatable bonds is 5. The fourth-order valence-corrected chi connectivity index (χ4v) is 3.77. The summed E-state index contributed by atoms with van der Waals surface area (Å²) in [5.74, 6) is 0.402. The number of nitro benzene ring substituents is 1. The van der Waals surface area contributed by atoms with Crippen LogP contribution in [-0.2, 0) is 19.5 Å². The van der Waals surface area contributed by atoms with Gasteiger partial charge in [0, 0.05) is 37.2 Å². The maximum absolute atomic E-state index is 13.3. The molecule has 2 aromatic heterocycles. The minimum absolute atomic E-state index is 0.0411. The third-order valence-corrected chi connectivity index (χ3v) is 5.34. The average Bonchev–Trinajstić information content (AvgIpc) is 3.44. The lowest BCUT2D eigenvalue weighted by Gasteiger charge is -2.32. The predicted octanol–water partition coefficient (Wildman–Crippen LogP) is 3.81. The Balaban J connectivity index is 1.46. The van der Waals surface area contributed by atoms with Gasteiger partial charge in [0.2, 0.25) is 11.7 Å². The standard InChI is InChI=1S/C21H17FN6O3/c22-15-6-4-13(5-7-15)10-27-11-18-17(23-12-24-18)9-19(27)21-25-20(26-31-21)14-2-1-3-16(8-14)28(29)30/h1-8,12,19H,9-11H2,(H,23,24)/t19-/m0/s1. The van der Waals surface area contributed by atoms with Crippen LogP contribution >= 0.6 is 0 Å². The number of benzene rings is 2. The normalized spacial score (nSPS) is 16.2. The van der Waals surface area contributed by atoms with Gasteiger partial charge < -0.3 is 9.51 Å². The van der Waals surface area contributed by atoms with Crippen LogP contribution in [0.25, 0.3) is 11.4 Å². The monoisotopic (exact) mass is 420 g/mol. The molecule has 5 rings (SSSR count). The number of hydrogen-bond acceptors (Lipinski definition) is 7. The van der Waals surface area contributed by atoms with Crippen molar-refractivity contribution in [2.75, 3.05) is 0 Å². The van der Waals surface area contributed by atoms with Gasteiger partial charge in [-0.05, 0) is 17.7 Å². The Hall–Kier alpha value is -3.92. The molecule has 0 unspecified atom stereocenters. The first-order chi connectivity index (χ1) is 15.1. The van der Waals surface area contributed by atoms with E-state index in [1.54, 1.807) is 30.6 Å². The van der Waals surface area contributed by atoms with Crippen LogP contribution in [-0.4, -0.2) is 29.9 Å². The summed E-state index contributed by atoms with van der Waals surface area (Å²) in [6.45, 7) is 1.14. The van der Waals surface area contributed by atoms with Crippen LogP contribution in [0.15, 0.2) is 59.4 Å². The summed E-state index contributed by atoms with van der Waals surface area (Å²) in [6.07, 6.45) is 2.22. The van der Waals surface area contributed by atoms with Gasteiger partial charge in [-0.15, -0.1) is 0 Å². The lowest BCUT2D eigenvalue weighted by Crippen LogP contribution is -2.34. The van der Waals surface area contributed by atoms with E-state index in [-0.39, 0.29) is 23.4 Å². The quantitative estimate of drug-likeness (QED) is 0.386. The first-order valence-corrected chi connectivity index (χ1v) is 9.65. The summed E-state index contributed by atoms with van der Waals surface area (Å²) in [5.41, 5.74) is 3.35. The molecule has 0 spiro atoms. The van der Waals surface area contributed by atoms with Crippen LogP contribution in [0, 0.1) is 15.9 Å². The van der Waals surface area contributed by atoms with Gasteiger partial charge >= 0.3 is 0 Å². The topological polar surface area (TPSA) is 114 Å². The second-order valence-electron chi connectivity index (χ2n) is 7.34. The highest BCUT2D eigenvalue weighted by atomic mass is 19.1. The molecule has 0 fully saturated rings. The maximum atomic E-state index is 13.3. The van der Waals surface area contributed by atoms with Crippen molar-refractivity contribution in [3.05, 3.63) is 93.6 Å². The molecule has 4 aromatic rings. The summed E-state index contributed by atoms with van der Waals surface area (Å²) in [5, 5.41) is 15.1. The third kappa shape index (κ3) is 3.80. The zero-order valence-corrected chi connectivity index (χ0v) is 16.2. The lowest BCUT2D eigenvalue weighted by atomic mass is 10.0. The Labute approximate surface area is 175 Å². The highest BCUT2D eigenvalue weighted by Gasteiger charge is 2.33. The number of aromatic nitrogens is 4. The Kier molecular flexibility index (Phi) is 4.75. The Morgan fingerprint density at radius 2 is 2.10 bits per heavy atom. The Bertz CT molecular complexity index is 1240. The number of nitrogens with zero attached hydrogens (tertiary/aromatic N) is 5. The minimum Gasteiger partial charge on any atom is -0.347 e. The average molecular weight is 420 g/mol. The molecule has 1 aliphatic rings. The second-order valence-corrected chi connectivity index (χ2v) is 7.34.